The van der Waals surface area contributed by atoms with Crippen molar-refractivity contribution in [1.82, 2.24) is 10.6 Å². The zero-order chi connectivity index (χ0) is 19.7. The maximum Gasteiger partial charge on any atom is 0.408 e. The Hall–Kier alpha value is -2.57. The molecule has 1 aromatic carbocycles. The lowest BCUT2D eigenvalue weighted by Crippen LogP contribution is -2.52. The first-order valence-corrected chi connectivity index (χ1v) is 8.69. The Kier molecular flexibility index (Phi) is 8.09. The molecule has 0 aliphatic rings. The minimum Gasteiger partial charge on any atom is -0.480 e. The number of rotatable bonds is 8. The Bertz CT molecular complexity index is 610. The van der Waals surface area contributed by atoms with E-state index in [0.29, 0.717) is 12.8 Å². The first-order valence-electron chi connectivity index (χ1n) is 8.69. The van der Waals surface area contributed by atoms with E-state index in [2.05, 4.69) is 10.6 Å². The Morgan fingerprint density at radius 1 is 1.08 bits per heavy atom. The van der Waals surface area contributed by atoms with Crippen molar-refractivity contribution in [3.05, 3.63) is 35.9 Å². The summed E-state index contributed by atoms with van der Waals surface area (Å²) < 4.78 is 5.17. The van der Waals surface area contributed by atoms with Crippen LogP contribution in [0.3, 0.4) is 0 Å². The highest BCUT2D eigenvalue weighted by atomic mass is 16.6. The highest BCUT2D eigenvalue weighted by Gasteiger charge is 2.27. The number of alkyl carbamates (subject to hydrolysis) is 1. The lowest BCUT2D eigenvalue weighted by molar-refractivity contribution is -0.142. The number of carbonyl (C=O) groups is 3. The van der Waals surface area contributed by atoms with Gasteiger partial charge in [0.15, 0.2) is 0 Å². The van der Waals surface area contributed by atoms with Crippen LogP contribution in [-0.4, -0.2) is 40.8 Å². The highest BCUT2D eigenvalue weighted by molar-refractivity contribution is 5.89. The molecule has 0 spiro atoms. The van der Waals surface area contributed by atoms with Gasteiger partial charge in [-0.25, -0.2) is 9.59 Å². The zero-order valence-electron chi connectivity index (χ0n) is 15.7. The van der Waals surface area contributed by atoms with E-state index in [-0.39, 0.29) is 6.42 Å². The monoisotopic (exact) mass is 364 g/mol. The molecule has 0 aliphatic heterocycles. The second-order valence-electron chi connectivity index (χ2n) is 7.08. The Labute approximate surface area is 154 Å². The van der Waals surface area contributed by atoms with E-state index in [9.17, 15) is 19.5 Å². The minimum absolute atomic E-state index is 0.160. The zero-order valence-corrected chi connectivity index (χ0v) is 15.7. The summed E-state index contributed by atoms with van der Waals surface area (Å²) in [5, 5.41) is 14.4. The molecule has 2 atom stereocenters. The summed E-state index contributed by atoms with van der Waals surface area (Å²) in [7, 11) is 0. The SMILES string of the molecule is CCC[C@H](NC(=O)OC(C)(C)C)C(=O)N[C@@H](Cc1ccccc1)C(=O)O. The molecule has 0 saturated heterocycles. The first-order chi connectivity index (χ1) is 12.1. The summed E-state index contributed by atoms with van der Waals surface area (Å²) in [6.07, 6.45) is 0.473. The molecule has 0 fully saturated rings. The molecule has 0 radical (unpaired) electrons. The van der Waals surface area contributed by atoms with Crippen LogP contribution in [0.1, 0.15) is 46.1 Å². The summed E-state index contributed by atoms with van der Waals surface area (Å²) in [5.41, 5.74) is 0.112. The van der Waals surface area contributed by atoms with Gasteiger partial charge in [0.05, 0.1) is 0 Å². The molecule has 0 heterocycles. The number of hydrogen-bond donors (Lipinski definition) is 3. The number of carboxylic acid groups (broad SMARTS) is 1. The van der Waals surface area contributed by atoms with E-state index in [1.165, 1.54) is 0 Å². The van der Waals surface area contributed by atoms with Crippen LogP contribution in [-0.2, 0) is 20.7 Å². The molecule has 7 heteroatoms. The van der Waals surface area contributed by atoms with Gasteiger partial charge in [-0.05, 0) is 32.8 Å². The van der Waals surface area contributed by atoms with Crippen molar-refractivity contribution in [2.45, 2.75) is 64.6 Å². The number of carbonyl (C=O) groups excluding carboxylic acids is 2. The fourth-order valence-corrected chi connectivity index (χ4v) is 2.33. The van der Waals surface area contributed by atoms with E-state index in [1.54, 1.807) is 45.0 Å². The third kappa shape index (κ3) is 8.00. The van der Waals surface area contributed by atoms with Crippen LogP contribution in [0.15, 0.2) is 30.3 Å². The topological polar surface area (TPSA) is 105 Å². The van der Waals surface area contributed by atoms with Crippen molar-refractivity contribution < 1.29 is 24.2 Å². The molecule has 0 saturated carbocycles. The Balaban J connectivity index is 2.76. The van der Waals surface area contributed by atoms with Gasteiger partial charge in [-0.1, -0.05) is 43.7 Å². The van der Waals surface area contributed by atoms with Crippen molar-refractivity contribution >= 4 is 18.0 Å². The predicted octanol–water partition coefficient (Wildman–Crippen LogP) is 2.49. The predicted molar refractivity (Wildman–Crippen MR) is 97.8 cm³/mol. The number of nitrogens with one attached hydrogen (secondary N) is 2. The van der Waals surface area contributed by atoms with Crippen molar-refractivity contribution in [1.29, 1.82) is 0 Å². The number of carboxylic acids is 1. The lowest BCUT2D eigenvalue weighted by Gasteiger charge is -2.24. The van der Waals surface area contributed by atoms with Crippen molar-refractivity contribution in [2.24, 2.45) is 0 Å². The lowest BCUT2D eigenvalue weighted by atomic mass is 10.0. The molecule has 144 valence electrons. The maximum atomic E-state index is 12.5. The summed E-state index contributed by atoms with van der Waals surface area (Å²) in [4.78, 5) is 35.9. The largest absolute Gasteiger partial charge is 0.480 e. The van der Waals surface area contributed by atoms with Crippen LogP contribution in [0.25, 0.3) is 0 Å². The molecule has 0 unspecified atom stereocenters. The molecule has 3 N–H and O–H groups in total. The molecular weight excluding hydrogens is 336 g/mol. The third-order valence-corrected chi connectivity index (χ3v) is 3.48. The first kappa shape index (κ1) is 21.5. The van der Waals surface area contributed by atoms with Crippen LogP contribution in [0.5, 0.6) is 0 Å². The van der Waals surface area contributed by atoms with Crippen molar-refractivity contribution in [3.8, 4) is 0 Å². The average Bonchev–Trinajstić information content (AvgIpc) is 2.52. The van der Waals surface area contributed by atoms with Gasteiger partial charge in [-0.3, -0.25) is 4.79 Å². The van der Waals surface area contributed by atoms with E-state index < -0.39 is 35.7 Å². The fraction of sp³-hybridized carbons (Fsp3) is 0.526. The van der Waals surface area contributed by atoms with Gasteiger partial charge in [-0.2, -0.15) is 0 Å². The second-order valence-corrected chi connectivity index (χ2v) is 7.08. The molecule has 7 nitrogen and oxygen atoms in total. The summed E-state index contributed by atoms with van der Waals surface area (Å²) in [5.74, 6) is -1.67. The number of amides is 2. The van der Waals surface area contributed by atoms with E-state index in [4.69, 9.17) is 4.74 Å². The molecular formula is C19H28N2O5. The highest BCUT2D eigenvalue weighted by Crippen LogP contribution is 2.09. The van der Waals surface area contributed by atoms with Crippen LogP contribution in [0.2, 0.25) is 0 Å². The summed E-state index contributed by atoms with van der Waals surface area (Å²) in [6.45, 7) is 7.04. The quantitative estimate of drug-likeness (QED) is 0.657. The van der Waals surface area contributed by atoms with E-state index >= 15 is 0 Å². The number of benzene rings is 1. The van der Waals surface area contributed by atoms with Gasteiger partial charge >= 0.3 is 12.1 Å². The minimum atomic E-state index is -1.13. The van der Waals surface area contributed by atoms with E-state index in [0.717, 1.165) is 5.56 Å². The smallest absolute Gasteiger partial charge is 0.408 e. The van der Waals surface area contributed by atoms with Gasteiger partial charge < -0.3 is 20.5 Å². The van der Waals surface area contributed by atoms with Gasteiger partial charge in [0.25, 0.3) is 0 Å². The average molecular weight is 364 g/mol. The van der Waals surface area contributed by atoms with Crippen LogP contribution < -0.4 is 10.6 Å². The third-order valence-electron chi connectivity index (χ3n) is 3.48. The van der Waals surface area contributed by atoms with Gasteiger partial charge in [-0.15, -0.1) is 0 Å². The number of hydrogen-bond acceptors (Lipinski definition) is 4. The standard InChI is InChI=1S/C19H28N2O5/c1-5-9-14(21-18(25)26-19(2,3)4)16(22)20-15(17(23)24)12-13-10-7-6-8-11-13/h6-8,10-11,14-15H,5,9,12H2,1-4H3,(H,20,22)(H,21,25)(H,23,24)/t14-,15-/m0/s1. The number of aliphatic carboxylic acids is 1. The maximum absolute atomic E-state index is 12.5. The Morgan fingerprint density at radius 2 is 1.69 bits per heavy atom. The Morgan fingerprint density at radius 3 is 2.19 bits per heavy atom. The summed E-state index contributed by atoms with van der Waals surface area (Å²) in [6, 6.07) is 7.10. The van der Waals surface area contributed by atoms with E-state index in [1.807, 2.05) is 13.0 Å². The van der Waals surface area contributed by atoms with Crippen LogP contribution in [0.4, 0.5) is 4.79 Å². The molecule has 2 amide bonds. The van der Waals surface area contributed by atoms with Gasteiger partial charge in [0, 0.05) is 6.42 Å². The second kappa shape index (κ2) is 9.79. The summed E-state index contributed by atoms with van der Waals surface area (Å²) >= 11 is 0. The molecule has 1 aromatic rings. The van der Waals surface area contributed by atoms with Gasteiger partial charge in [0.2, 0.25) is 5.91 Å². The van der Waals surface area contributed by atoms with Crippen LogP contribution in [0, 0.1) is 0 Å². The van der Waals surface area contributed by atoms with Crippen LogP contribution >= 0.6 is 0 Å². The normalized spacial score (nSPS) is 13.4. The molecule has 1 rings (SSSR count). The molecule has 26 heavy (non-hydrogen) atoms. The van der Waals surface area contributed by atoms with Crippen molar-refractivity contribution in [2.75, 3.05) is 0 Å². The molecule has 0 aromatic heterocycles. The fourth-order valence-electron chi connectivity index (χ4n) is 2.33. The number of ether oxygens (including phenoxy) is 1. The van der Waals surface area contributed by atoms with Gasteiger partial charge in [0.1, 0.15) is 17.7 Å². The molecule has 0 bridgehead atoms. The molecule has 0 aliphatic carbocycles. The van der Waals surface area contributed by atoms with Crippen molar-refractivity contribution in [3.63, 3.8) is 0 Å².